The van der Waals surface area contributed by atoms with Crippen LogP contribution in [0.2, 0.25) is 10.0 Å². The number of rotatable bonds is 14. The highest BCUT2D eigenvalue weighted by molar-refractivity contribution is 7.92. The Morgan fingerprint density at radius 1 is 0.905 bits per heavy atom. The van der Waals surface area contributed by atoms with Crippen molar-refractivity contribution in [3.05, 3.63) is 88.4 Å². The van der Waals surface area contributed by atoms with Gasteiger partial charge in [-0.1, -0.05) is 68.2 Å². The molecule has 0 heterocycles. The van der Waals surface area contributed by atoms with E-state index in [2.05, 4.69) is 5.32 Å². The molecule has 0 aliphatic heterocycles. The number of nitrogens with one attached hydrogen (secondary N) is 1. The van der Waals surface area contributed by atoms with Gasteiger partial charge in [-0.15, -0.1) is 0 Å². The van der Waals surface area contributed by atoms with E-state index in [1.807, 2.05) is 20.8 Å². The van der Waals surface area contributed by atoms with Gasteiger partial charge in [0.05, 0.1) is 17.2 Å². The molecule has 1 atom stereocenters. The van der Waals surface area contributed by atoms with Gasteiger partial charge in [-0.3, -0.25) is 13.9 Å². The van der Waals surface area contributed by atoms with Crippen molar-refractivity contribution in [3.63, 3.8) is 0 Å². The molecular weight excluding hydrogens is 597 g/mol. The van der Waals surface area contributed by atoms with Crippen molar-refractivity contribution < 1.29 is 22.7 Å². The van der Waals surface area contributed by atoms with Gasteiger partial charge in [-0.05, 0) is 73.4 Å². The van der Waals surface area contributed by atoms with E-state index < -0.39 is 28.5 Å². The molecule has 11 heteroatoms. The number of carbonyl (C=O) groups excluding carboxylic acids is 2. The molecule has 226 valence electrons. The largest absolute Gasteiger partial charge is 0.492 e. The minimum Gasteiger partial charge on any atom is -0.492 e. The Labute approximate surface area is 258 Å². The van der Waals surface area contributed by atoms with Gasteiger partial charge in [0.25, 0.3) is 10.0 Å². The molecule has 0 aliphatic rings. The second-order valence-corrected chi connectivity index (χ2v) is 12.8. The lowest BCUT2D eigenvalue weighted by Crippen LogP contribution is -2.52. The van der Waals surface area contributed by atoms with Crippen LogP contribution in [0.4, 0.5) is 5.69 Å². The van der Waals surface area contributed by atoms with Crippen LogP contribution in [0.5, 0.6) is 5.75 Å². The van der Waals surface area contributed by atoms with Gasteiger partial charge in [0.1, 0.15) is 18.3 Å². The molecule has 3 aromatic carbocycles. The Bertz CT molecular complexity index is 1450. The summed E-state index contributed by atoms with van der Waals surface area (Å²) in [4.78, 5) is 28.9. The maximum Gasteiger partial charge on any atom is 0.264 e. The normalized spacial score (nSPS) is 12.1. The molecule has 42 heavy (non-hydrogen) atoms. The molecule has 0 fully saturated rings. The minimum atomic E-state index is -4.26. The fourth-order valence-corrected chi connectivity index (χ4v) is 5.99. The number of amides is 2. The van der Waals surface area contributed by atoms with Crippen molar-refractivity contribution >= 4 is 50.7 Å². The number of para-hydroxylation sites is 2. The fourth-order valence-electron chi connectivity index (χ4n) is 4.32. The van der Waals surface area contributed by atoms with Gasteiger partial charge in [-0.25, -0.2) is 8.42 Å². The molecule has 3 rings (SSSR count). The molecule has 0 bridgehead atoms. The number of hydrogen-bond acceptors (Lipinski definition) is 5. The molecule has 8 nitrogen and oxygen atoms in total. The second-order valence-electron chi connectivity index (χ2n) is 10.1. The summed E-state index contributed by atoms with van der Waals surface area (Å²) in [5.74, 6) is -0.353. The third-order valence-corrected chi connectivity index (χ3v) is 8.73. The van der Waals surface area contributed by atoms with E-state index in [-0.39, 0.29) is 35.6 Å². The molecule has 0 aromatic heterocycles. The van der Waals surface area contributed by atoms with Crippen molar-refractivity contribution in [2.24, 2.45) is 5.92 Å². The van der Waals surface area contributed by atoms with E-state index >= 15 is 0 Å². The van der Waals surface area contributed by atoms with E-state index in [1.165, 1.54) is 29.2 Å². The lowest BCUT2D eigenvalue weighted by atomic mass is 10.1. The standard InChI is InChI=1S/C31H37Cl2N3O5S/c1-5-27(31(38)34-19-22(3)4)35(20-23-11-13-24(32)14-12-23)30(37)21-36(28-9-7-8-10-29(28)41-6-2)42(39,40)26-17-15-25(33)16-18-26/h7-18,22,27H,5-6,19-21H2,1-4H3,(H,34,38)/t27-/m0/s1. The zero-order chi connectivity index (χ0) is 30.9. The van der Waals surface area contributed by atoms with Gasteiger partial charge in [0.15, 0.2) is 0 Å². The fraction of sp³-hybridized carbons (Fsp3) is 0.355. The SMILES string of the molecule is CCOc1ccccc1N(CC(=O)N(Cc1ccc(Cl)cc1)[C@@H](CC)C(=O)NCC(C)C)S(=O)(=O)c1ccc(Cl)cc1. The summed E-state index contributed by atoms with van der Waals surface area (Å²) in [6.07, 6.45) is 0.322. The van der Waals surface area contributed by atoms with Crippen molar-refractivity contribution in [2.45, 2.75) is 51.6 Å². The van der Waals surface area contributed by atoms with Crippen LogP contribution in [0.1, 0.15) is 39.7 Å². The maximum absolute atomic E-state index is 14.2. The lowest BCUT2D eigenvalue weighted by molar-refractivity contribution is -0.140. The van der Waals surface area contributed by atoms with Crippen molar-refractivity contribution in [3.8, 4) is 5.75 Å². The Morgan fingerprint density at radius 3 is 2.07 bits per heavy atom. The highest BCUT2D eigenvalue weighted by atomic mass is 35.5. The van der Waals surface area contributed by atoms with E-state index in [4.69, 9.17) is 27.9 Å². The van der Waals surface area contributed by atoms with Gasteiger partial charge >= 0.3 is 0 Å². The number of carbonyl (C=O) groups is 2. The average Bonchev–Trinajstić information content (AvgIpc) is 2.96. The van der Waals surface area contributed by atoms with Crippen LogP contribution < -0.4 is 14.4 Å². The summed E-state index contributed by atoms with van der Waals surface area (Å²) >= 11 is 12.1. The van der Waals surface area contributed by atoms with Crippen molar-refractivity contribution in [1.29, 1.82) is 0 Å². The molecule has 0 saturated heterocycles. The highest BCUT2D eigenvalue weighted by Gasteiger charge is 2.34. The first-order valence-electron chi connectivity index (χ1n) is 13.8. The number of nitrogens with zero attached hydrogens (tertiary/aromatic N) is 2. The molecule has 0 aliphatic carbocycles. The smallest absolute Gasteiger partial charge is 0.264 e. The van der Waals surface area contributed by atoms with E-state index in [1.54, 1.807) is 55.5 Å². The summed E-state index contributed by atoms with van der Waals surface area (Å²) in [6, 6.07) is 18.5. The molecule has 3 aromatic rings. The molecule has 1 N–H and O–H groups in total. The molecule has 0 spiro atoms. The number of ether oxygens (including phenoxy) is 1. The first-order chi connectivity index (χ1) is 20.0. The summed E-state index contributed by atoms with van der Waals surface area (Å²) in [5, 5.41) is 3.82. The van der Waals surface area contributed by atoms with Gasteiger partial charge < -0.3 is 15.0 Å². The van der Waals surface area contributed by atoms with Crippen LogP contribution in [0, 0.1) is 5.92 Å². The molecule has 2 amide bonds. The third kappa shape index (κ3) is 8.63. The summed E-state index contributed by atoms with van der Waals surface area (Å²) < 4.78 is 34.9. The first-order valence-corrected chi connectivity index (χ1v) is 16.0. The number of benzene rings is 3. The van der Waals surface area contributed by atoms with Crippen molar-refractivity contribution in [2.75, 3.05) is 24.0 Å². The summed E-state index contributed by atoms with van der Waals surface area (Å²) in [6.45, 7) is 7.79. The monoisotopic (exact) mass is 633 g/mol. The second kappa shape index (κ2) is 15.3. The number of sulfonamides is 1. The first kappa shape index (κ1) is 33.2. The van der Waals surface area contributed by atoms with Crippen LogP contribution in [-0.2, 0) is 26.2 Å². The molecule has 0 radical (unpaired) electrons. The maximum atomic E-state index is 14.2. The molecule has 0 saturated carbocycles. The van der Waals surface area contributed by atoms with Crippen LogP contribution in [-0.4, -0.2) is 50.9 Å². The Balaban J connectivity index is 2.09. The Morgan fingerprint density at radius 2 is 1.50 bits per heavy atom. The molecule has 0 unspecified atom stereocenters. The van der Waals surface area contributed by atoms with Crippen LogP contribution in [0.3, 0.4) is 0 Å². The number of anilines is 1. The zero-order valence-corrected chi connectivity index (χ0v) is 26.5. The van der Waals surface area contributed by atoms with E-state index in [9.17, 15) is 18.0 Å². The van der Waals surface area contributed by atoms with Crippen LogP contribution in [0.15, 0.2) is 77.7 Å². The third-order valence-electron chi connectivity index (χ3n) is 6.45. The summed E-state index contributed by atoms with van der Waals surface area (Å²) in [7, 11) is -4.26. The van der Waals surface area contributed by atoms with Crippen LogP contribution >= 0.6 is 23.2 Å². The van der Waals surface area contributed by atoms with Crippen LogP contribution in [0.25, 0.3) is 0 Å². The topological polar surface area (TPSA) is 96.0 Å². The number of hydrogen-bond donors (Lipinski definition) is 1. The van der Waals surface area contributed by atoms with Gasteiger partial charge in [-0.2, -0.15) is 0 Å². The molecular formula is C31H37Cl2N3O5S. The van der Waals surface area contributed by atoms with E-state index in [0.717, 1.165) is 9.87 Å². The van der Waals surface area contributed by atoms with Gasteiger partial charge in [0, 0.05) is 23.1 Å². The predicted octanol–water partition coefficient (Wildman–Crippen LogP) is 6.17. The predicted molar refractivity (Wildman–Crippen MR) is 168 cm³/mol. The summed E-state index contributed by atoms with van der Waals surface area (Å²) in [5.41, 5.74) is 0.941. The quantitative estimate of drug-likeness (QED) is 0.229. The Hall–Kier alpha value is -3.27. The van der Waals surface area contributed by atoms with E-state index in [0.29, 0.717) is 28.8 Å². The lowest BCUT2D eigenvalue weighted by Gasteiger charge is -2.33. The zero-order valence-electron chi connectivity index (χ0n) is 24.2. The van der Waals surface area contributed by atoms with Crippen molar-refractivity contribution in [1.82, 2.24) is 10.2 Å². The average molecular weight is 635 g/mol. The minimum absolute atomic E-state index is 0.0445. The Kier molecular flexibility index (Phi) is 12.1. The van der Waals surface area contributed by atoms with Gasteiger partial charge in [0.2, 0.25) is 11.8 Å². The highest BCUT2D eigenvalue weighted by Crippen LogP contribution is 2.33. The number of halogens is 2.